The van der Waals surface area contributed by atoms with E-state index in [-0.39, 0.29) is 18.4 Å². The van der Waals surface area contributed by atoms with Crippen LogP contribution in [0.15, 0.2) is 53.0 Å². The third-order valence-corrected chi connectivity index (χ3v) is 4.78. The van der Waals surface area contributed by atoms with E-state index in [4.69, 9.17) is 4.74 Å². The average molecular weight is 421 g/mol. The summed E-state index contributed by atoms with van der Waals surface area (Å²) in [6.45, 7) is 1.95. The quantitative estimate of drug-likeness (QED) is 0.640. The summed E-state index contributed by atoms with van der Waals surface area (Å²) in [5.41, 5.74) is 1.31. The van der Waals surface area contributed by atoms with E-state index in [1.54, 1.807) is 26.2 Å². The summed E-state index contributed by atoms with van der Waals surface area (Å²) in [7, 11) is 3.37. The van der Waals surface area contributed by atoms with Crippen molar-refractivity contribution in [1.29, 1.82) is 0 Å². The Labute approximate surface area is 161 Å². The molecule has 3 N–H and O–H groups in total. The first-order chi connectivity index (χ1) is 12.4. The number of quaternary nitrogens is 1. The molecule has 0 radical (unpaired) electrons. The molecule has 0 aliphatic heterocycles. The second-order valence-electron chi connectivity index (χ2n) is 5.96. The molecule has 0 fully saturated rings. The monoisotopic (exact) mass is 420 g/mol. The zero-order valence-electron chi connectivity index (χ0n) is 15.0. The molecule has 6 nitrogen and oxygen atoms in total. The molecule has 0 bridgehead atoms. The van der Waals surface area contributed by atoms with Crippen LogP contribution in [0.4, 0.5) is 11.4 Å². The Hall–Kier alpha value is -2.38. The highest BCUT2D eigenvalue weighted by atomic mass is 79.9. The lowest BCUT2D eigenvalue weighted by atomic mass is 10.2. The number of anilines is 2. The molecule has 2 atom stereocenters. The number of ether oxygens (including phenoxy) is 1. The second kappa shape index (κ2) is 9.35. The van der Waals surface area contributed by atoms with Crippen molar-refractivity contribution in [3.05, 3.63) is 53.0 Å². The number of benzene rings is 2. The van der Waals surface area contributed by atoms with Crippen LogP contribution in [0.3, 0.4) is 0 Å². The first kappa shape index (κ1) is 19.9. The fourth-order valence-corrected chi connectivity index (χ4v) is 2.76. The largest absolute Gasteiger partial charge is 0.495 e. The van der Waals surface area contributed by atoms with Gasteiger partial charge in [0.15, 0.2) is 12.6 Å². The SMILES string of the molecule is COc1ccccc1NC(=O)[C@@H](C)[NH+](C)CC(=O)Nc1ccccc1Br. The third-order valence-electron chi connectivity index (χ3n) is 4.08. The molecule has 2 aromatic rings. The minimum atomic E-state index is -0.412. The van der Waals surface area contributed by atoms with Crippen molar-refractivity contribution in [2.24, 2.45) is 0 Å². The summed E-state index contributed by atoms with van der Waals surface area (Å²) in [4.78, 5) is 25.5. The summed E-state index contributed by atoms with van der Waals surface area (Å²) in [5.74, 6) is 0.254. The summed E-state index contributed by atoms with van der Waals surface area (Å²) in [6.07, 6.45) is 0. The van der Waals surface area contributed by atoms with Gasteiger partial charge in [-0.1, -0.05) is 24.3 Å². The van der Waals surface area contributed by atoms with Crippen LogP contribution in [0.5, 0.6) is 5.75 Å². The molecule has 0 aromatic heterocycles. The molecule has 0 aliphatic carbocycles. The zero-order chi connectivity index (χ0) is 19.1. The number of carbonyl (C=O) groups excluding carboxylic acids is 2. The van der Waals surface area contributed by atoms with E-state index in [2.05, 4.69) is 26.6 Å². The number of hydrogen-bond acceptors (Lipinski definition) is 3. The molecule has 0 spiro atoms. The van der Waals surface area contributed by atoms with Gasteiger partial charge in [0.05, 0.1) is 25.5 Å². The van der Waals surface area contributed by atoms with Crippen LogP contribution in [-0.4, -0.2) is 38.6 Å². The van der Waals surface area contributed by atoms with Gasteiger partial charge >= 0.3 is 0 Å². The number of halogens is 1. The van der Waals surface area contributed by atoms with Crippen molar-refractivity contribution in [1.82, 2.24) is 0 Å². The van der Waals surface area contributed by atoms with Crippen LogP contribution in [0, 0.1) is 0 Å². The number of rotatable bonds is 7. The first-order valence-corrected chi connectivity index (χ1v) is 9.02. The maximum Gasteiger partial charge on any atom is 0.282 e. The van der Waals surface area contributed by atoms with Crippen molar-refractivity contribution in [3.8, 4) is 5.75 Å². The normalized spacial score (nSPS) is 12.8. The molecular weight excluding hydrogens is 398 g/mol. The molecule has 0 saturated carbocycles. The number of carbonyl (C=O) groups is 2. The Morgan fingerprint density at radius 1 is 1.08 bits per heavy atom. The molecule has 2 rings (SSSR count). The maximum atomic E-state index is 12.5. The summed E-state index contributed by atoms with van der Waals surface area (Å²) < 4.78 is 6.05. The lowest BCUT2D eigenvalue weighted by molar-refractivity contribution is -0.885. The smallest absolute Gasteiger partial charge is 0.282 e. The minimum absolute atomic E-state index is 0.161. The summed E-state index contributed by atoms with van der Waals surface area (Å²) in [6, 6.07) is 14.2. The number of hydrogen-bond donors (Lipinski definition) is 3. The van der Waals surface area contributed by atoms with Crippen molar-refractivity contribution in [2.45, 2.75) is 13.0 Å². The van der Waals surface area contributed by atoms with E-state index < -0.39 is 6.04 Å². The van der Waals surface area contributed by atoms with E-state index in [1.165, 1.54) is 0 Å². The van der Waals surface area contributed by atoms with Crippen LogP contribution in [0.2, 0.25) is 0 Å². The van der Waals surface area contributed by atoms with Gasteiger partial charge < -0.3 is 20.3 Å². The number of para-hydroxylation sites is 3. The van der Waals surface area contributed by atoms with Crippen LogP contribution in [0.1, 0.15) is 6.92 Å². The van der Waals surface area contributed by atoms with Crippen molar-refractivity contribution < 1.29 is 19.2 Å². The molecule has 0 aliphatic rings. The van der Waals surface area contributed by atoms with Gasteiger partial charge in [-0.3, -0.25) is 9.59 Å². The first-order valence-electron chi connectivity index (χ1n) is 8.23. The van der Waals surface area contributed by atoms with E-state index in [9.17, 15) is 9.59 Å². The van der Waals surface area contributed by atoms with Gasteiger partial charge in [-0.2, -0.15) is 0 Å². The van der Waals surface area contributed by atoms with E-state index in [0.29, 0.717) is 17.1 Å². The fraction of sp³-hybridized carbons (Fsp3) is 0.263. The predicted octanol–water partition coefficient (Wildman–Crippen LogP) is 1.94. The van der Waals surface area contributed by atoms with Crippen LogP contribution in [-0.2, 0) is 9.59 Å². The van der Waals surface area contributed by atoms with Gasteiger partial charge in [0.25, 0.3) is 11.8 Å². The van der Waals surface area contributed by atoms with E-state index >= 15 is 0 Å². The predicted molar refractivity (Wildman–Crippen MR) is 106 cm³/mol. The number of likely N-dealkylation sites (N-methyl/N-ethyl adjacent to an activating group) is 1. The molecule has 138 valence electrons. The highest BCUT2D eigenvalue weighted by Gasteiger charge is 2.24. The van der Waals surface area contributed by atoms with Crippen LogP contribution >= 0.6 is 15.9 Å². The molecule has 1 unspecified atom stereocenters. The number of amides is 2. The van der Waals surface area contributed by atoms with Gasteiger partial charge in [0.1, 0.15) is 5.75 Å². The Morgan fingerprint density at radius 2 is 1.69 bits per heavy atom. The summed E-state index contributed by atoms with van der Waals surface area (Å²) in [5, 5.41) is 5.69. The standard InChI is InChI=1S/C19H22BrN3O3/c1-13(19(25)22-16-10-6-7-11-17(16)26-3)23(2)12-18(24)21-15-9-5-4-8-14(15)20/h4-11,13H,12H2,1-3H3,(H,21,24)(H,22,25)/p+1/t13-/m1/s1. The Balaban J connectivity index is 1.93. The highest BCUT2D eigenvalue weighted by molar-refractivity contribution is 9.10. The Morgan fingerprint density at radius 3 is 2.35 bits per heavy atom. The van der Waals surface area contributed by atoms with Crippen molar-refractivity contribution in [3.63, 3.8) is 0 Å². The Kier molecular flexibility index (Phi) is 7.17. The number of nitrogens with one attached hydrogen (secondary N) is 3. The van der Waals surface area contributed by atoms with Gasteiger partial charge in [-0.25, -0.2) is 0 Å². The second-order valence-corrected chi connectivity index (χ2v) is 6.82. The molecule has 0 heterocycles. The Bertz CT molecular complexity index is 782. The van der Waals surface area contributed by atoms with Gasteiger partial charge in [0.2, 0.25) is 0 Å². The minimum Gasteiger partial charge on any atom is -0.495 e. The molecule has 26 heavy (non-hydrogen) atoms. The van der Waals surface area contributed by atoms with Crippen LogP contribution in [0.25, 0.3) is 0 Å². The molecule has 2 amide bonds. The zero-order valence-corrected chi connectivity index (χ0v) is 16.6. The topological polar surface area (TPSA) is 71.9 Å². The summed E-state index contributed by atoms with van der Waals surface area (Å²) >= 11 is 3.40. The highest BCUT2D eigenvalue weighted by Crippen LogP contribution is 2.23. The third kappa shape index (κ3) is 5.31. The fourth-order valence-electron chi connectivity index (χ4n) is 2.38. The van der Waals surface area contributed by atoms with Crippen LogP contribution < -0.4 is 20.3 Å². The molecule has 7 heteroatoms. The maximum absolute atomic E-state index is 12.5. The molecular formula is C19H23BrN3O3+. The number of methoxy groups -OCH3 is 1. The average Bonchev–Trinajstić information content (AvgIpc) is 2.63. The van der Waals surface area contributed by atoms with Gasteiger partial charge in [-0.05, 0) is 47.1 Å². The lowest BCUT2D eigenvalue weighted by Gasteiger charge is -2.21. The van der Waals surface area contributed by atoms with E-state index in [1.807, 2.05) is 43.4 Å². The van der Waals surface area contributed by atoms with Gasteiger partial charge in [-0.15, -0.1) is 0 Å². The van der Waals surface area contributed by atoms with Gasteiger partial charge in [0, 0.05) is 4.47 Å². The molecule has 2 aromatic carbocycles. The van der Waals surface area contributed by atoms with E-state index in [0.717, 1.165) is 9.37 Å². The van der Waals surface area contributed by atoms with Crippen molar-refractivity contribution in [2.75, 3.05) is 31.3 Å². The lowest BCUT2D eigenvalue weighted by Crippen LogP contribution is -3.14. The molecule has 0 saturated heterocycles. The van der Waals surface area contributed by atoms with Crippen molar-refractivity contribution >= 4 is 39.1 Å².